The Morgan fingerprint density at radius 3 is 1.60 bits per heavy atom. The smallest absolute Gasteiger partial charge is 0.326 e. The summed E-state index contributed by atoms with van der Waals surface area (Å²) in [5.74, 6) is -4.31. The summed E-state index contributed by atoms with van der Waals surface area (Å²) >= 11 is 0. The van der Waals surface area contributed by atoms with Gasteiger partial charge in [0.05, 0.1) is 26.2 Å². The van der Waals surface area contributed by atoms with E-state index in [4.69, 9.17) is 0 Å². The third-order valence-corrected chi connectivity index (χ3v) is 7.55. The highest BCUT2D eigenvalue weighted by Crippen LogP contribution is 2.07. The van der Waals surface area contributed by atoms with Gasteiger partial charge in [0.1, 0.15) is 24.0 Å². The highest BCUT2D eigenvalue weighted by atomic mass is 16.4. The van der Waals surface area contributed by atoms with Gasteiger partial charge in [0.25, 0.3) is 11.8 Å². The molecule has 0 aliphatic carbocycles. The fourth-order valence-corrected chi connectivity index (χ4v) is 4.96. The number of hydrogen-bond donors (Lipinski definition) is 6. The number of amides is 4. The molecule has 0 bridgehead atoms. The van der Waals surface area contributed by atoms with Gasteiger partial charge >= 0.3 is 11.9 Å². The SMILES string of the molecule is Cc1c[n+](CCCCC(NC(=O)CNC(=O)c2ccccc2)C(=O)O)cn1CCCCC(NC(=O)CNC(=O)c1ccccc1)C(=O)O. The van der Waals surface area contributed by atoms with E-state index in [9.17, 15) is 39.0 Å². The largest absolute Gasteiger partial charge is 0.480 e. The van der Waals surface area contributed by atoms with Crippen LogP contribution in [0.2, 0.25) is 0 Å². The van der Waals surface area contributed by atoms with Gasteiger partial charge in [-0.3, -0.25) is 19.2 Å². The number of carbonyl (C=O) groups excluding carboxylic acids is 4. The zero-order chi connectivity index (χ0) is 34.9. The molecule has 0 fully saturated rings. The normalized spacial score (nSPS) is 11.9. The van der Waals surface area contributed by atoms with Crippen molar-refractivity contribution in [1.29, 1.82) is 0 Å². The van der Waals surface area contributed by atoms with Crippen LogP contribution in [0.4, 0.5) is 0 Å². The summed E-state index contributed by atoms with van der Waals surface area (Å²) in [5.41, 5.74) is 1.80. The number of carbonyl (C=O) groups is 6. The van der Waals surface area contributed by atoms with Gasteiger partial charge in [0.15, 0.2) is 0 Å². The summed E-state index contributed by atoms with van der Waals surface area (Å²) in [5, 5.41) is 29.0. The highest BCUT2D eigenvalue weighted by Gasteiger charge is 2.22. The zero-order valence-electron chi connectivity index (χ0n) is 26.9. The second kappa shape index (κ2) is 19.2. The maximum absolute atomic E-state index is 12.3. The summed E-state index contributed by atoms with van der Waals surface area (Å²) in [4.78, 5) is 72.1. The zero-order valence-corrected chi connectivity index (χ0v) is 26.9. The molecular formula is C34H43N6O8+. The van der Waals surface area contributed by atoms with E-state index >= 15 is 0 Å². The molecule has 3 aromatic rings. The molecule has 4 amide bonds. The van der Waals surface area contributed by atoms with E-state index in [2.05, 4.69) is 21.3 Å². The van der Waals surface area contributed by atoms with Crippen LogP contribution in [0.1, 0.15) is 64.9 Å². The van der Waals surface area contributed by atoms with Crippen LogP contribution in [0.3, 0.4) is 0 Å². The molecule has 1 aromatic heterocycles. The number of benzene rings is 2. The Kier molecular flexibility index (Phi) is 14.8. The molecule has 0 saturated heterocycles. The van der Waals surface area contributed by atoms with Crippen LogP contribution in [0.15, 0.2) is 73.2 Å². The van der Waals surface area contributed by atoms with Crippen molar-refractivity contribution >= 4 is 35.6 Å². The highest BCUT2D eigenvalue weighted by molar-refractivity contribution is 5.97. The number of aryl methyl sites for hydroxylation is 3. The minimum atomic E-state index is -1.15. The van der Waals surface area contributed by atoms with Crippen molar-refractivity contribution in [2.45, 2.75) is 70.6 Å². The molecule has 14 heteroatoms. The summed E-state index contributed by atoms with van der Waals surface area (Å²) in [6.07, 6.45) is 6.80. The first-order valence-electron chi connectivity index (χ1n) is 15.8. The van der Waals surface area contributed by atoms with Gasteiger partial charge in [0, 0.05) is 18.1 Å². The Hall–Kier alpha value is -5.53. The van der Waals surface area contributed by atoms with E-state index in [0.717, 1.165) is 5.69 Å². The molecule has 3 rings (SSSR count). The summed E-state index contributed by atoms with van der Waals surface area (Å²) in [6.45, 7) is 2.56. The van der Waals surface area contributed by atoms with Crippen molar-refractivity contribution in [3.05, 3.63) is 90.0 Å². The predicted octanol–water partition coefficient (Wildman–Crippen LogP) is 1.42. The van der Waals surface area contributed by atoms with Crippen LogP contribution in [0, 0.1) is 6.92 Å². The maximum atomic E-state index is 12.3. The Labute approximate surface area is 278 Å². The molecule has 0 saturated carbocycles. The molecule has 14 nitrogen and oxygen atoms in total. The van der Waals surface area contributed by atoms with Crippen molar-refractivity contribution in [3.8, 4) is 0 Å². The van der Waals surface area contributed by atoms with Gasteiger partial charge < -0.3 is 31.5 Å². The van der Waals surface area contributed by atoms with Crippen LogP contribution >= 0.6 is 0 Å². The number of imidazole rings is 1. The van der Waals surface area contributed by atoms with Crippen LogP contribution < -0.4 is 25.8 Å². The minimum absolute atomic E-state index is 0.231. The Bertz CT molecular complexity index is 1540. The van der Waals surface area contributed by atoms with Gasteiger partial charge in [-0.25, -0.2) is 18.7 Å². The monoisotopic (exact) mass is 663 g/mol. The molecule has 2 unspecified atom stereocenters. The molecule has 2 atom stereocenters. The molecule has 2 aromatic carbocycles. The number of rotatable bonds is 20. The van der Waals surface area contributed by atoms with Gasteiger partial charge in [0.2, 0.25) is 18.1 Å². The number of hydrogen-bond acceptors (Lipinski definition) is 6. The number of carboxylic acids is 2. The van der Waals surface area contributed by atoms with E-state index in [1.54, 1.807) is 60.7 Å². The Morgan fingerprint density at radius 2 is 1.15 bits per heavy atom. The molecular weight excluding hydrogens is 620 g/mol. The first-order valence-corrected chi connectivity index (χ1v) is 15.8. The van der Waals surface area contributed by atoms with E-state index in [-0.39, 0.29) is 25.9 Å². The van der Waals surface area contributed by atoms with Crippen molar-refractivity contribution < 1.29 is 43.5 Å². The maximum Gasteiger partial charge on any atom is 0.326 e. The average molecular weight is 664 g/mol. The number of nitrogens with one attached hydrogen (secondary N) is 4. The second-order valence-corrected chi connectivity index (χ2v) is 11.3. The van der Waals surface area contributed by atoms with Crippen molar-refractivity contribution in [2.24, 2.45) is 0 Å². The number of carboxylic acid groups (broad SMARTS) is 2. The lowest BCUT2D eigenvalue weighted by atomic mass is 10.1. The Balaban J connectivity index is 1.34. The number of aromatic nitrogens is 2. The summed E-state index contributed by atoms with van der Waals surface area (Å²) in [7, 11) is 0. The molecule has 1 heterocycles. The van der Waals surface area contributed by atoms with Crippen molar-refractivity contribution in [2.75, 3.05) is 13.1 Å². The first-order chi connectivity index (χ1) is 23.0. The van der Waals surface area contributed by atoms with Gasteiger partial charge in [-0.2, -0.15) is 0 Å². The number of nitrogens with zero attached hydrogens (tertiary/aromatic N) is 2. The number of unbranched alkanes of at least 4 members (excludes halogenated alkanes) is 2. The molecule has 0 spiro atoms. The van der Waals surface area contributed by atoms with Gasteiger partial charge in [-0.1, -0.05) is 36.4 Å². The van der Waals surface area contributed by atoms with Crippen molar-refractivity contribution in [1.82, 2.24) is 25.8 Å². The second-order valence-electron chi connectivity index (χ2n) is 11.3. The number of aliphatic carboxylic acids is 2. The van der Waals surface area contributed by atoms with E-state index in [1.807, 2.05) is 28.6 Å². The van der Waals surface area contributed by atoms with Gasteiger partial charge in [-0.05, 0) is 62.8 Å². The molecule has 48 heavy (non-hydrogen) atoms. The minimum Gasteiger partial charge on any atom is -0.480 e. The van der Waals surface area contributed by atoms with Crippen LogP contribution in [-0.2, 0) is 32.3 Å². The lowest BCUT2D eigenvalue weighted by molar-refractivity contribution is -0.697. The van der Waals surface area contributed by atoms with E-state index in [1.165, 1.54) is 0 Å². The van der Waals surface area contributed by atoms with Crippen LogP contribution in [0.25, 0.3) is 0 Å². The van der Waals surface area contributed by atoms with Crippen LogP contribution in [0.5, 0.6) is 0 Å². The van der Waals surface area contributed by atoms with Crippen LogP contribution in [-0.4, -0.2) is 75.5 Å². The Morgan fingerprint density at radius 1 is 0.688 bits per heavy atom. The molecule has 0 aliphatic rings. The standard InChI is InChI=1S/C34H42N6O8/c1-24-22-39(18-10-8-16-27(33(45)46)37-29(41)20-35-31(43)25-12-4-2-5-13-25)23-40(24)19-11-9-17-28(34(47)48)38-30(42)21-36-32(44)26-14-6-3-7-15-26/h2-7,12-15,22-23,27-28H,8-11,16-21H2,1H3,(H5-,35,36,37,38,41,42,43,44,45,46,47,48)/p+1. The van der Waals surface area contributed by atoms with Crippen molar-refractivity contribution in [3.63, 3.8) is 0 Å². The lowest BCUT2D eigenvalue weighted by Crippen LogP contribution is -2.45. The molecule has 0 aliphatic heterocycles. The molecule has 0 radical (unpaired) electrons. The average Bonchev–Trinajstić information content (AvgIpc) is 3.44. The summed E-state index contributed by atoms with van der Waals surface area (Å²) in [6, 6.07) is 14.7. The fraction of sp³-hybridized carbons (Fsp3) is 0.382. The van der Waals surface area contributed by atoms with E-state index in [0.29, 0.717) is 49.9 Å². The molecule has 256 valence electrons. The quantitative estimate of drug-likeness (QED) is 0.0770. The predicted molar refractivity (Wildman–Crippen MR) is 174 cm³/mol. The first kappa shape index (κ1) is 36.9. The molecule has 6 N–H and O–H groups in total. The van der Waals surface area contributed by atoms with E-state index < -0.39 is 47.7 Å². The topological polar surface area (TPSA) is 200 Å². The van der Waals surface area contributed by atoms with Gasteiger partial charge in [-0.15, -0.1) is 0 Å². The third kappa shape index (κ3) is 12.7. The fourth-order valence-electron chi connectivity index (χ4n) is 4.96. The summed E-state index contributed by atoms with van der Waals surface area (Å²) < 4.78 is 4.03. The lowest BCUT2D eigenvalue weighted by Gasteiger charge is -2.14. The third-order valence-electron chi connectivity index (χ3n) is 7.55.